The number of rotatable bonds is 3. The highest BCUT2D eigenvalue weighted by Gasteiger charge is 2.13. The Kier molecular flexibility index (Phi) is 6.82. The minimum absolute atomic E-state index is 0.0738. The van der Waals surface area contributed by atoms with Gasteiger partial charge in [0.1, 0.15) is 0 Å². The van der Waals surface area contributed by atoms with Crippen LogP contribution in [0.25, 0.3) is 11.1 Å². The molecule has 5 nitrogen and oxygen atoms in total. The largest absolute Gasteiger partial charge is 0.298 e. The van der Waals surface area contributed by atoms with Gasteiger partial charge >= 0.3 is 0 Å². The second-order valence-corrected chi connectivity index (χ2v) is 7.18. The number of thiocarbonyl (C=S) groups is 1. The van der Waals surface area contributed by atoms with Gasteiger partial charge in [-0.2, -0.15) is 0 Å². The maximum Gasteiger partial charge on any atom is 0.269 e. The average molecular weight is 444 g/mol. The van der Waals surface area contributed by atoms with Crippen LogP contribution in [0.5, 0.6) is 0 Å². The zero-order chi connectivity index (χ0) is 20.8. The van der Waals surface area contributed by atoms with E-state index in [-0.39, 0.29) is 15.7 Å². The van der Waals surface area contributed by atoms with Crippen molar-refractivity contribution in [1.29, 1.82) is 0 Å². The van der Waals surface area contributed by atoms with E-state index in [2.05, 4.69) is 16.2 Å². The predicted molar refractivity (Wildman–Crippen MR) is 119 cm³/mol. The molecule has 0 aliphatic carbocycles. The van der Waals surface area contributed by atoms with Crippen molar-refractivity contribution < 1.29 is 9.59 Å². The summed E-state index contributed by atoms with van der Waals surface area (Å²) >= 11 is 16.8. The van der Waals surface area contributed by atoms with Gasteiger partial charge in [-0.1, -0.05) is 65.7 Å². The van der Waals surface area contributed by atoms with Crippen LogP contribution in [0.3, 0.4) is 0 Å². The van der Waals surface area contributed by atoms with Gasteiger partial charge < -0.3 is 0 Å². The van der Waals surface area contributed by atoms with Crippen LogP contribution in [-0.2, 0) is 0 Å². The minimum atomic E-state index is -0.523. The van der Waals surface area contributed by atoms with Crippen molar-refractivity contribution in [2.45, 2.75) is 0 Å². The van der Waals surface area contributed by atoms with E-state index in [1.807, 2.05) is 42.5 Å². The highest BCUT2D eigenvalue weighted by molar-refractivity contribution is 7.80. The number of halogens is 2. The van der Waals surface area contributed by atoms with Crippen LogP contribution in [0.1, 0.15) is 20.7 Å². The Morgan fingerprint density at radius 2 is 1.41 bits per heavy atom. The van der Waals surface area contributed by atoms with Gasteiger partial charge in [0.2, 0.25) is 0 Å². The second kappa shape index (κ2) is 9.52. The third-order valence-corrected chi connectivity index (χ3v) is 4.70. The molecule has 3 aromatic carbocycles. The zero-order valence-electron chi connectivity index (χ0n) is 14.9. The standard InChI is InChI=1S/C21H15Cl2N3O2S/c22-16-10-11-17(18(23)12-16)20(28)24-21(29)26-25-19(27)15-8-6-14(7-9-15)13-4-2-1-3-5-13/h1-12H,(H,25,27)(H2,24,26,28,29). The predicted octanol–water partition coefficient (Wildman–Crippen LogP) is 4.61. The Morgan fingerprint density at radius 1 is 0.759 bits per heavy atom. The average Bonchev–Trinajstić information content (AvgIpc) is 2.72. The quantitative estimate of drug-likeness (QED) is 0.408. The Labute approximate surface area is 183 Å². The molecule has 8 heteroatoms. The van der Waals surface area contributed by atoms with E-state index < -0.39 is 11.8 Å². The van der Waals surface area contributed by atoms with E-state index in [0.29, 0.717) is 10.6 Å². The van der Waals surface area contributed by atoms with Crippen molar-refractivity contribution in [1.82, 2.24) is 16.2 Å². The lowest BCUT2D eigenvalue weighted by Gasteiger charge is -2.12. The maximum absolute atomic E-state index is 12.3. The summed E-state index contributed by atoms with van der Waals surface area (Å²) in [5, 5.41) is 2.97. The van der Waals surface area contributed by atoms with Crippen LogP contribution in [0.15, 0.2) is 72.8 Å². The first kappa shape index (κ1) is 20.8. The molecule has 0 spiro atoms. The fourth-order valence-electron chi connectivity index (χ4n) is 2.51. The van der Waals surface area contributed by atoms with E-state index in [4.69, 9.17) is 35.4 Å². The molecule has 0 saturated carbocycles. The minimum Gasteiger partial charge on any atom is -0.298 e. The molecule has 0 unspecified atom stereocenters. The Balaban J connectivity index is 1.54. The summed E-state index contributed by atoms with van der Waals surface area (Å²) in [5.74, 6) is -0.920. The van der Waals surface area contributed by atoms with Crippen LogP contribution >= 0.6 is 35.4 Å². The summed E-state index contributed by atoms with van der Waals surface area (Å²) in [4.78, 5) is 24.5. The van der Waals surface area contributed by atoms with Gasteiger partial charge in [-0.15, -0.1) is 0 Å². The smallest absolute Gasteiger partial charge is 0.269 e. The zero-order valence-corrected chi connectivity index (χ0v) is 17.2. The fourth-order valence-corrected chi connectivity index (χ4v) is 3.14. The molecular weight excluding hydrogens is 429 g/mol. The molecule has 146 valence electrons. The van der Waals surface area contributed by atoms with Crippen molar-refractivity contribution in [3.05, 3.63) is 94.0 Å². The highest BCUT2D eigenvalue weighted by Crippen LogP contribution is 2.21. The molecule has 0 radical (unpaired) electrons. The van der Waals surface area contributed by atoms with Crippen LogP contribution in [0.4, 0.5) is 0 Å². The van der Waals surface area contributed by atoms with E-state index >= 15 is 0 Å². The number of carbonyl (C=O) groups is 2. The van der Waals surface area contributed by atoms with E-state index in [1.54, 1.807) is 18.2 Å². The fraction of sp³-hybridized carbons (Fsp3) is 0. The Hall–Kier alpha value is -2.93. The molecule has 0 atom stereocenters. The molecule has 29 heavy (non-hydrogen) atoms. The summed E-state index contributed by atoms with van der Waals surface area (Å²) in [6.45, 7) is 0. The first-order chi connectivity index (χ1) is 13.9. The second-order valence-electron chi connectivity index (χ2n) is 5.93. The molecule has 0 fully saturated rings. The number of hydrogen-bond acceptors (Lipinski definition) is 3. The number of benzene rings is 3. The Bertz CT molecular complexity index is 1060. The lowest BCUT2D eigenvalue weighted by Crippen LogP contribution is -2.48. The van der Waals surface area contributed by atoms with E-state index in [9.17, 15) is 9.59 Å². The molecule has 2 amide bonds. The van der Waals surface area contributed by atoms with Gasteiger partial charge in [-0.25, -0.2) is 0 Å². The molecule has 0 aliphatic heterocycles. The number of amides is 2. The van der Waals surface area contributed by atoms with Crippen LogP contribution in [-0.4, -0.2) is 16.9 Å². The molecule has 0 heterocycles. The first-order valence-electron chi connectivity index (χ1n) is 8.46. The van der Waals surface area contributed by atoms with Crippen molar-refractivity contribution in [2.24, 2.45) is 0 Å². The van der Waals surface area contributed by atoms with Crippen molar-refractivity contribution in [3.63, 3.8) is 0 Å². The lowest BCUT2D eigenvalue weighted by atomic mass is 10.0. The molecule has 0 aromatic heterocycles. The molecule has 0 bridgehead atoms. The summed E-state index contributed by atoms with van der Waals surface area (Å²) in [6, 6.07) is 21.4. The Morgan fingerprint density at radius 3 is 2.07 bits per heavy atom. The highest BCUT2D eigenvalue weighted by atomic mass is 35.5. The molecule has 3 N–H and O–H groups in total. The summed E-state index contributed by atoms with van der Waals surface area (Å²) in [6.07, 6.45) is 0. The van der Waals surface area contributed by atoms with Crippen LogP contribution in [0.2, 0.25) is 10.0 Å². The first-order valence-corrected chi connectivity index (χ1v) is 9.62. The van der Waals surface area contributed by atoms with E-state index in [1.165, 1.54) is 12.1 Å². The monoisotopic (exact) mass is 443 g/mol. The molecule has 3 rings (SSSR count). The van der Waals surface area contributed by atoms with Gasteiger partial charge in [0.15, 0.2) is 5.11 Å². The van der Waals surface area contributed by atoms with E-state index in [0.717, 1.165) is 11.1 Å². The van der Waals surface area contributed by atoms with Crippen molar-refractivity contribution in [2.75, 3.05) is 0 Å². The summed E-state index contributed by atoms with van der Waals surface area (Å²) < 4.78 is 0. The van der Waals surface area contributed by atoms with Crippen LogP contribution < -0.4 is 16.2 Å². The van der Waals surface area contributed by atoms with Crippen molar-refractivity contribution >= 4 is 52.3 Å². The topological polar surface area (TPSA) is 70.2 Å². The number of hydrogen-bond donors (Lipinski definition) is 3. The lowest BCUT2D eigenvalue weighted by molar-refractivity contribution is 0.0934. The third kappa shape index (κ3) is 5.54. The SMILES string of the molecule is O=C(NNC(=S)NC(=O)c1ccc(Cl)cc1Cl)c1ccc(-c2ccccc2)cc1. The van der Waals surface area contributed by atoms with Gasteiger partial charge in [0.25, 0.3) is 11.8 Å². The molecule has 0 saturated heterocycles. The summed E-state index contributed by atoms with van der Waals surface area (Å²) in [7, 11) is 0. The van der Waals surface area contributed by atoms with Crippen LogP contribution in [0, 0.1) is 0 Å². The number of carbonyl (C=O) groups excluding carboxylic acids is 2. The third-order valence-electron chi connectivity index (χ3n) is 3.95. The van der Waals surface area contributed by atoms with Crippen molar-refractivity contribution in [3.8, 4) is 11.1 Å². The molecular formula is C21H15Cl2N3O2S. The number of nitrogens with one attached hydrogen (secondary N) is 3. The molecule has 0 aliphatic rings. The number of hydrazine groups is 1. The summed E-state index contributed by atoms with van der Waals surface area (Å²) in [5.41, 5.74) is 7.63. The maximum atomic E-state index is 12.3. The van der Waals surface area contributed by atoms with Gasteiger partial charge in [-0.05, 0) is 53.7 Å². The molecule has 3 aromatic rings. The normalized spacial score (nSPS) is 10.1. The van der Waals surface area contributed by atoms with Gasteiger partial charge in [-0.3, -0.25) is 25.8 Å². The van der Waals surface area contributed by atoms with Gasteiger partial charge in [0.05, 0.1) is 10.6 Å². The van der Waals surface area contributed by atoms with Gasteiger partial charge in [0, 0.05) is 10.6 Å².